The molecule has 0 spiro atoms. The van der Waals surface area contributed by atoms with Gasteiger partial charge in [0.05, 0.1) is 6.04 Å². The predicted molar refractivity (Wildman–Crippen MR) is 122 cm³/mol. The van der Waals surface area contributed by atoms with E-state index in [0.29, 0.717) is 12.8 Å². The summed E-state index contributed by atoms with van der Waals surface area (Å²) in [5.41, 5.74) is 7.38. The highest BCUT2D eigenvalue weighted by Gasteiger charge is 2.42. The lowest BCUT2D eigenvalue weighted by Gasteiger charge is -2.36. The summed E-state index contributed by atoms with van der Waals surface area (Å²) < 4.78 is 1.18. The van der Waals surface area contributed by atoms with Crippen molar-refractivity contribution in [3.63, 3.8) is 0 Å². The number of fused-ring (bicyclic) bond motifs is 1. The molecule has 4 rings (SSSR count). The highest BCUT2D eigenvalue weighted by Crippen LogP contribution is 2.27. The van der Waals surface area contributed by atoms with E-state index in [9.17, 15) is 9.59 Å². The molecule has 3 atom stereocenters. The van der Waals surface area contributed by atoms with E-state index < -0.39 is 11.6 Å². The number of hydrogen-bond donors (Lipinski definition) is 3. The van der Waals surface area contributed by atoms with Gasteiger partial charge < -0.3 is 21.2 Å². The number of hydrogen-bond acceptors (Lipinski definition) is 5. The van der Waals surface area contributed by atoms with Gasteiger partial charge in [0.25, 0.3) is 0 Å². The number of nitrogens with one attached hydrogen (secondary N) is 2. The van der Waals surface area contributed by atoms with E-state index in [1.165, 1.54) is 4.70 Å². The smallest absolute Gasteiger partial charge is 0.238 e. The van der Waals surface area contributed by atoms with E-state index in [4.69, 9.17) is 5.73 Å². The van der Waals surface area contributed by atoms with Gasteiger partial charge in [0, 0.05) is 17.2 Å². The number of carbonyl (C=O) groups excluding carboxylic acids is 2. The molecule has 0 bridgehead atoms. The highest BCUT2D eigenvalue weighted by molar-refractivity contribution is 7.17. The first-order valence-electron chi connectivity index (χ1n) is 10.4. The van der Waals surface area contributed by atoms with Crippen LogP contribution in [0.5, 0.6) is 0 Å². The van der Waals surface area contributed by atoms with Gasteiger partial charge in [-0.3, -0.25) is 4.79 Å². The molecule has 1 amide bonds. The van der Waals surface area contributed by atoms with Crippen LogP contribution >= 0.6 is 11.3 Å². The first-order valence-corrected chi connectivity index (χ1v) is 11.3. The first kappa shape index (κ1) is 20.7. The van der Waals surface area contributed by atoms with Gasteiger partial charge in [-0.15, -0.1) is 11.3 Å². The van der Waals surface area contributed by atoms with E-state index in [1.807, 2.05) is 42.5 Å². The lowest BCUT2D eigenvalue weighted by Crippen LogP contribution is -2.64. The van der Waals surface area contributed by atoms with Crippen LogP contribution in [0.4, 0.5) is 0 Å². The Morgan fingerprint density at radius 2 is 2.00 bits per heavy atom. The molecule has 1 aliphatic rings. The second-order valence-corrected chi connectivity index (χ2v) is 8.94. The molecule has 1 unspecified atom stereocenters. The number of rotatable bonds is 8. The van der Waals surface area contributed by atoms with Crippen molar-refractivity contribution >= 4 is 33.6 Å². The molecule has 1 saturated heterocycles. The van der Waals surface area contributed by atoms with E-state index in [-0.39, 0.29) is 11.9 Å². The summed E-state index contributed by atoms with van der Waals surface area (Å²) in [6.45, 7) is 0.845. The lowest BCUT2D eigenvalue weighted by molar-refractivity contribution is -0.128. The molecule has 5 nitrogen and oxygen atoms in total. The maximum Gasteiger partial charge on any atom is 0.238 e. The van der Waals surface area contributed by atoms with Crippen LogP contribution in [0.3, 0.4) is 0 Å². The van der Waals surface area contributed by atoms with E-state index in [1.54, 1.807) is 11.3 Å². The van der Waals surface area contributed by atoms with Crippen LogP contribution in [-0.2, 0) is 22.4 Å². The number of carbonyl (C=O) groups is 2. The van der Waals surface area contributed by atoms with Crippen molar-refractivity contribution in [1.82, 2.24) is 10.6 Å². The normalized spacial score (nSPS) is 19.3. The van der Waals surface area contributed by atoms with Crippen LogP contribution in [0.2, 0.25) is 0 Å². The third-order valence-electron chi connectivity index (χ3n) is 5.93. The van der Waals surface area contributed by atoms with E-state index >= 15 is 0 Å². The monoisotopic (exact) mass is 421 g/mol. The van der Waals surface area contributed by atoms with Gasteiger partial charge in [-0.2, -0.15) is 0 Å². The van der Waals surface area contributed by atoms with E-state index in [0.717, 1.165) is 42.2 Å². The van der Waals surface area contributed by atoms with Crippen LogP contribution in [-0.4, -0.2) is 36.4 Å². The van der Waals surface area contributed by atoms with Crippen LogP contribution in [0.1, 0.15) is 24.0 Å². The van der Waals surface area contributed by atoms with Crippen LogP contribution in [0.25, 0.3) is 10.1 Å². The Kier molecular flexibility index (Phi) is 6.27. The Morgan fingerprint density at radius 1 is 1.23 bits per heavy atom. The maximum absolute atomic E-state index is 13.1. The average molecular weight is 422 g/mol. The van der Waals surface area contributed by atoms with Gasteiger partial charge in [0.15, 0.2) is 0 Å². The molecule has 4 N–H and O–H groups in total. The van der Waals surface area contributed by atoms with Crippen LogP contribution in [0, 0.1) is 0 Å². The molecule has 30 heavy (non-hydrogen) atoms. The Hall–Kier alpha value is -2.54. The number of aldehydes is 1. The maximum atomic E-state index is 13.1. The fraction of sp³-hybridized carbons (Fsp3) is 0.333. The quantitative estimate of drug-likeness (QED) is 0.489. The zero-order chi connectivity index (χ0) is 21.0. The van der Waals surface area contributed by atoms with Crippen LogP contribution < -0.4 is 16.4 Å². The molecular formula is C24H27N3O2S. The van der Waals surface area contributed by atoms with Gasteiger partial charge in [0.2, 0.25) is 5.91 Å². The second kappa shape index (κ2) is 9.08. The van der Waals surface area contributed by atoms with Crippen LogP contribution in [0.15, 0.2) is 60.0 Å². The largest absolute Gasteiger partial charge is 0.341 e. The number of benzene rings is 2. The predicted octanol–water partition coefficient (Wildman–Crippen LogP) is 2.82. The number of thiophene rings is 1. The fourth-order valence-corrected chi connectivity index (χ4v) is 5.28. The molecule has 156 valence electrons. The van der Waals surface area contributed by atoms with Gasteiger partial charge in [-0.05, 0) is 53.8 Å². The Labute approximate surface area is 180 Å². The number of amides is 1. The summed E-state index contributed by atoms with van der Waals surface area (Å²) in [6, 6.07) is 17.1. The van der Waals surface area contributed by atoms with E-state index in [2.05, 4.69) is 28.1 Å². The van der Waals surface area contributed by atoms with Gasteiger partial charge in [-0.1, -0.05) is 48.5 Å². The topological polar surface area (TPSA) is 84.2 Å². The highest BCUT2D eigenvalue weighted by atomic mass is 32.1. The third-order valence-corrected chi connectivity index (χ3v) is 6.94. The van der Waals surface area contributed by atoms with Crippen molar-refractivity contribution in [3.8, 4) is 0 Å². The van der Waals surface area contributed by atoms with Gasteiger partial charge in [0.1, 0.15) is 11.8 Å². The summed E-state index contributed by atoms with van der Waals surface area (Å²) in [7, 11) is 0. The average Bonchev–Trinajstić information content (AvgIpc) is 3.45. The molecular weight excluding hydrogens is 394 g/mol. The summed E-state index contributed by atoms with van der Waals surface area (Å²) >= 11 is 1.65. The minimum absolute atomic E-state index is 0.103. The minimum atomic E-state index is -1.01. The molecule has 1 aromatic heterocycles. The molecule has 0 saturated carbocycles. The molecule has 0 radical (unpaired) electrons. The molecule has 2 heterocycles. The molecule has 3 aromatic rings. The summed E-state index contributed by atoms with van der Waals surface area (Å²) in [4.78, 5) is 25.5. The molecule has 1 fully saturated rings. The summed E-state index contributed by atoms with van der Waals surface area (Å²) in [5, 5.41) is 9.63. The van der Waals surface area contributed by atoms with Crippen molar-refractivity contribution in [2.24, 2.45) is 5.73 Å². The SMILES string of the molecule is N[C@@H](Cc1csc2ccccc12)C(=O)N[C@@](C=O)(Cc1ccccc1)C1CCCN1. The zero-order valence-corrected chi connectivity index (χ0v) is 17.7. The molecule has 1 aliphatic heterocycles. The number of nitrogens with two attached hydrogens (primary N) is 1. The van der Waals surface area contributed by atoms with Crippen molar-refractivity contribution in [1.29, 1.82) is 0 Å². The van der Waals surface area contributed by atoms with Crippen molar-refractivity contribution in [2.45, 2.75) is 43.3 Å². The van der Waals surface area contributed by atoms with Crippen molar-refractivity contribution < 1.29 is 9.59 Å². The Morgan fingerprint density at radius 3 is 2.73 bits per heavy atom. The van der Waals surface area contributed by atoms with Gasteiger partial charge >= 0.3 is 0 Å². The van der Waals surface area contributed by atoms with Crippen molar-refractivity contribution in [3.05, 3.63) is 71.1 Å². The zero-order valence-electron chi connectivity index (χ0n) is 16.8. The second-order valence-electron chi connectivity index (χ2n) is 8.03. The third kappa shape index (κ3) is 4.31. The fourth-order valence-electron chi connectivity index (χ4n) is 4.31. The lowest BCUT2D eigenvalue weighted by atomic mass is 9.83. The molecule has 2 aromatic carbocycles. The van der Waals surface area contributed by atoms with Gasteiger partial charge in [-0.25, -0.2) is 0 Å². The standard InChI is InChI=1S/C24H27N3O2S/c25-20(13-18-15-30-21-10-5-4-9-19(18)21)23(29)27-24(16-28,22-11-6-12-26-22)14-17-7-2-1-3-8-17/h1-5,7-10,15-16,20,22,26H,6,11-14,25H2,(H,27,29)/t20-,22?,24+/m0/s1. The Bertz CT molecular complexity index is 1010. The Balaban J connectivity index is 1.53. The summed E-state index contributed by atoms with van der Waals surface area (Å²) in [5.74, 6) is -0.290. The van der Waals surface area contributed by atoms with Crippen molar-refractivity contribution in [2.75, 3.05) is 6.54 Å². The molecule has 0 aliphatic carbocycles. The summed E-state index contributed by atoms with van der Waals surface area (Å²) in [6.07, 6.45) is 3.60. The molecule has 6 heteroatoms. The first-order chi connectivity index (χ1) is 14.6. The minimum Gasteiger partial charge on any atom is -0.341 e.